The van der Waals surface area contributed by atoms with Crippen LogP contribution in [-0.2, 0) is 0 Å². The van der Waals surface area contributed by atoms with E-state index in [9.17, 15) is 4.39 Å². The average molecular weight is 224 g/mol. The van der Waals surface area contributed by atoms with Crippen LogP contribution in [0.2, 0.25) is 0 Å². The van der Waals surface area contributed by atoms with Crippen molar-refractivity contribution in [3.8, 4) is 0 Å². The van der Waals surface area contributed by atoms with Gasteiger partial charge in [0, 0.05) is 18.8 Å². The van der Waals surface area contributed by atoms with Gasteiger partial charge in [-0.2, -0.15) is 0 Å². The highest BCUT2D eigenvalue weighted by Gasteiger charge is 2.19. The first-order chi connectivity index (χ1) is 7.48. The molecule has 2 N–H and O–H groups in total. The molecule has 1 aromatic rings. The van der Waals surface area contributed by atoms with Gasteiger partial charge in [-0.3, -0.25) is 0 Å². The van der Waals surface area contributed by atoms with Gasteiger partial charge in [-0.15, -0.1) is 0 Å². The van der Waals surface area contributed by atoms with E-state index in [-0.39, 0.29) is 11.2 Å². The number of anilines is 1. The number of nitrogens with two attached hydrogens (primary N) is 1. The normalized spacial score (nSPS) is 11.6. The minimum atomic E-state index is -0.196. The fraction of sp³-hybridized carbons (Fsp3) is 0.538. The number of hydrogen-bond donors (Lipinski definition) is 1. The van der Waals surface area contributed by atoms with Crippen LogP contribution in [0.4, 0.5) is 10.1 Å². The molecule has 0 saturated heterocycles. The summed E-state index contributed by atoms with van der Waals surface area (Å²) in [4.78, 5) is 2.21. The van der Waals surface area contributed by atoms with Gasteiger partial charge in [0.1, 0.15) is 5.82 Å². The molecule has 1 aromatic carbocycles. The Morgan fingerprint density at radius 2 is 1.81 bits per heavy atom. The molecule has 0 heterocycles. The van der Waals surface area contributed by atoms with E-state index in [1.807, 2.05) is 12.1 Å². The second-order valence-electron chi connectivity index (χ2n) is 4.86. The average Bonchev–Trinajstić information content (AvgIpc) is 2.27. The van der Waals surface area contributed by atoms with Crippen LogP contribution in [0.15, 0.2) is 24.3 Å². The van der Waals surface area contributed by atoms with Crippen molar-refractivity contribution >= 4 is 5.69 Å². The molecule has 1 rings (SSSR count). The molecule has 0 fully saturated rings. The van der Waals surface area contributed by atoms with Gasteiger partial charge in [0.15, 0.2) is 0 Å². The van der Waals surface area contributed by atoms with Crippen LogP contribution >= 0.6 is 0 Å². The van der Waals surface area contributed by atoms with E-state index in [0.717, 1.165) is 18.8 Å². The minimum Gasteiger partial charge on any atom is -0.371 e. The van der Waals surface area contributed by atoms with Gasteiger partial charge in [-0.25, -0.2) is 4.39 Å². The lowest BCUT2D eigenvalue weighted by Gasteiger charge is -2.32. The molecule has 0 aliphatic rings. The summed E-state index contributed by atoms with van der Waals surface area (Å²) in [7, 11) is 0. The number of rotatable bonds is 5. The van der Waals surface area contributed by atoms with Crippen molar-refractivity contribution in [1.82, 2.24) is 0 Å². The summed E-state index contributed by atoms with van der Waals surface area (Å²) < 4.78 is 12.8. The molecule has 0 unspecified atom stereocenters. The predicted octanol–water partition coefficient (Wildman–Crippen LogP) is 2.64. The number of halogens is 1. The molecule has 0 aliphatic heterocycles. The van der Waals surface area contributed by atoms with Gasteiger partial charge in [-0.1, -0.05) is 13.8 Å². The monoisotopic (exact) mass is 224 g/mol. The summed E-state index contributed by atoms with van der Waals surface area (Å²) >= 11 is 0. The fourth-order valence-corrected chi connectivity index (χ4v) is 1.62. The molecule has 90 valence electrons. The van der Waals surface area contributed by atoms with Crippen molar-refractivity contribution < 1.29 is 4.39 Å². The van der Waals surface area contributed by atoms with Crippen molar-refractivity contribution in [3.05, 3.63) is 30.1 Å². The maximum atomic E-state index is 12.8. The lowest BCUT2D eigenvalue weighted by molar-refractivity contribution is 0.380. The molecular weight excluding hydrogens is 203 g/mol. The van der Waals surface area contributed by atoms with Gasteiger partial charge in [0.2, 0.25) is 0 Å². The largest absolute Gasteiger partial charge is 0.371 e. The standard InChI is InChI=1S/C13H21FN2/c1-4-16(10-13(2,3)9-15)12-7-5-11(14)6-8-12/h5-8H,4,9-10,15H2,1-3H3. The van der Waals surface area contributed by atoms with E-state index in [1.54, 1.807) is 0 Å². The Morgan fingerprint density at radius 3 is 2.25 bits per heavy atom. The van der Waals surface area contributed by atoms with Gasteiger partial charge in [-0.05, 0) is 43.1 Å². The van der Waals surface area contributed by atoms with Gasteiger partial charge in [0.05, 0.1) is 0 Å². The number of nitrogens with zero attached hydrogens (tertiary/aromatic N) is 1. The summed E-state index contributed by atoms with van der Waals surface area (Å²) in [5.41, 5.74) is 6.85. The highest BCUT2D eigenvalue weighted by Crippen LogP contribution is 2.21. The Balaban J connectivity index is 2.78. The van der Waals surface area contributed by atoms with Gasteiger partial charge in [0.25, 0.3) is 0 Å². The maximum absolute atomic E-state index is 12.8. The molecule has 0 amide bonds. The molecule has 0 atom stereocenters. The van der Waals surface area contributed by atoms with Crippen molar-refractivity contribution in [3.63, 3.8) is 0 Å². The van der Waals surface area contributed by atoms with Crippen molar-refractivity contribution in [2.75, 3.05) is 24.5 Å². The third-order valence-electron chi connectivity index (χ3n) is 2.74. The Hall–Kier alpha value is -1.09. The molecular formula is C13H21FN2. The first-order valence-electron chi connectivity index (χ1n) is 5.69. The molecule has 3 heteroatoms. The Labute approximate surface area is 97.3 Å². The second-order valence-corrected chi connectivity index (χ2v) is 4.86. The third-order valence-corrected chi connectivity index (χ3v) is 2.74. The van der Waals surface area contributed by atoms with Crippen LogP contribution in [0.1, 0.15) is 20.8 Å². The predicted molar refractivity (Wildman–Crippen MR) is 67.1 cm³/mol. The van der Waals surface area contributed by atoms with Gasteiger partial charge >= 0.3 is 0 Å². The molecule has 0 aliphatic carbocycles. The van der Waals surface area contributed by atoms with E-state index in [2.05, 4.69) is 25.7 Å². The van der Waals surface area contributed by atoms with E-state index < -0.39 is 0 Å². The second kappa shape index (κ2) is 5.30. The van der Waals surface area contributed by atoms with Crippen LogP contribution in [0.3, 0.4) is 0 Å². The molecule has 0 spiro atoms. The molecule has 0 bridgehead atoms. The number of benzene rings is 1. The SMILES string of the molecule is CCN(CC(C)(C)CN)c1ccc(F)cc1. The van der Waals surface area contributed by atoms with Crippen molar-refractivity contribution in [2.24, 2.45) is 11.1 Å². The zero-order valence-corrected chi connectivity index (χ0v) is 10.3. The van der Waals surface area contributed by atoms with Gasteiger partial charge < -0.3 is 10.6 Å². The minimum absolute atomic E-state index is 0.0738. The Morgan fingerprint density at radius 1 is 1.25 bits per heavy atom. The number of hydrogen-bond acceptors (Lipinski definition) is 2. The lowest BCUT2D eigenvalue weighted by Crippen LogP contribution is -2.38. The summed E-state index contributed by atoms with van der Waals surface area (Å²) in [6, 6.07) is 6.61. The third kappa shape index (κ3) is 3.49. The molecule has 2 nitrogen and oxygen atoms in total. The van der Waals surface area contributed by atoms with E-state index >= 15 is 0 Å². The smallest absolute Gasteiger partial charge is 0.123 e. The van der Waals surface area contributed by atoms with Crippen LogP contribution in [-0.4, -0.2) is 19.6 Å². The van der Waals surface area contributed by atoms with Crippen molar-refractivity contribution in [2.45, 2.75) is 20.8 Å². The van der Waals surface area contributed by atoms with Crippen LogP contribution < -0.4 is 10.6 Å². The Kier molecular flexibility index (Phi) is 4.30. The van der Waals surface area contributed by atoms with Crippen LogP contribution in [0.5, 0.6) is 0 Å². The quantitative estimate of drug-likeness (QED) is 0.833. The summed E-state index contributed by atoms with van der Waals surface area (Å²) in [6.45, 7) is 8.79. The Bertz CT molecular complexity index is 319. The van der Waals surface area contributed by atoms with E-state index in [1.165, 1.54) is 12.1 Å². The highest BCUT2D eigenvalue weighted by molar-refractivity contribution is 5.46. The zero-order valence-electron chi connectivity index (χ0n) is 10.3. The lowest BCUT2D eigenvalue weighted by atomic mass is 9.93. The topological polar surface area (TPSA) is 29.3 Å². The molecule has 0 aromatic heterocycles. The zero-order chi connectivity index (χ0) is 12.2. The maximum Gasteiger partial charge on any atom is 0.123 e. The first kappa shape index (κ1) is 13.0. The molecule has 0 radical (unpaired) electrons. The van der Waals surface area contributed by atoms with Crippen LogP contribution in [0, 0.1) is 11.2 Å². The summed E-state index contributed by atoms with van der Waals surface area (Å²) in [5, 5.41) is 0. The van der Waals surface area contributed by atoms with E-state index in [0.29, 0.717) is 6.54 Å². The fourth-order valence-electron chi connectivity index (χ4n) is 1.62. The summed E-state index contributed by atoms with van der Waals surface area (Å²) in [6.07, 6.45) is 0. The first-order valence-corrected chi connectivity index (χ1v) is 5.69. The highest BCUT2D eigenvalue weighted by atomic mass is 19.1. The summed E-state index contributed by atoms with van der Waals surface area (Å²) in [5.74, 6) is -0.196. The van der Waals surface area contributed by atoms with Crippen LogP contribution in [0.25, 0.3) is 0 Å². The molecule has 0 saturated carbocycles. The molecule has 16 heavy (non-hydrogen) atoms. The van der Waals surface area contributed by atoms with Crippen molar-refractivity contribution in [1.29, 1.82) is 0 Å². The van der Waals surface area contributed by atoms with E-state index in [4.69, 9.17) is 5.73 Å².